The van der Waals surface area contributed by atoms with Crippen LogP contribution in [0.4, 0.5) is 11.4 Å². The average molecular weight is 467 g/mol. The number of nitrogens with two attached hydrogens (primary N) is 2. The zero-order valence-corrected chi connectivity index (χ0v) is 20.7. The Labute approximate surface area is 208 Å². The molecule has 0 saturated carbocycles. The molecular formula is C31H34N2O2. The minimum atomic E-state index is -0.135. The van der Waals surface area contributed by atoms with Gasteiger partial charge in [0.25, 0.3) is 0 Å². The van der Waals surface area contributed by atoms with Gasteiger partial charge in [-0.3, -0.25) is 0 Å². The molecule has 0 aliphatic carbocycles. The lowest BCUT2D eigenvalue weighted by atomic mass is 9.72. The van der Waals surface area contributed by atoms with Gasteiger partial charge in [0.15, 0.2) is 0 Å². The van der Waals surface area contributed by atoms with E-state index in [0.29, 0.717) is 5.92 Å². The van der Waals surface area contributed by atoms with Gasteiger partial charge in [0.05, 0.1) is 0 Å². The normalized spacial score (nSPS) is 11.4. The molecular weight excluding hydrogens is 432 g/mol. The SMILES string of the molecule is CC(C)CCC(C)(c1ccc(Oc2ccc(N)cc2)cc1)c1ccc(Oc2ccc(N)cc2)cc1. The van der Waals surface area contributed by atoms with Crippen LogP contribution in [0.15, 0.2) is 97.1 Å². The van der Waals surface area contributed by atoms with E-state index in [2.05, 4.69) is 45.0 Å². The topological polar surface area (TPSA) is 70.5 Å². The number of ether oxygens (including phenoxy) is 2. The molecule has 0 aliphatic heterocycles. The quantitative estimate of drug-likeness (QED) is 0.244. The summed E-state index contributed by atoms with van der Waals surface area (Å²) < 4.78 is 12.0. The molecule has 4 aromatic carbocycles. The van der Waals surface area contributed by atoms with Gasteiger partial charge in [-0.1, -0.05) is 45.0 Å². The molecule has 0 radical (unpaired) electrons. The van der Waals surface area contributed by atoms with Crippen LogP contribution in [0.1, 0.15) is 44.7 Å². The van der Waals surface area contributed by atoms with Crippen molar-refractivity contribution in [3.8, 4) is 23.0 Å². The highest BCUT2D eigenvalue weighted by molar-refractivity contribution is 5.47. The van der Waals surface area contributed by atoms with E-state index < -0.39 is 0 Å². The van der Waals surface area contributed by atoms with Crippen molar-refractivity contribution in [2.75, 3.05) is 11.5 Å². The van der Waals surface area contributed by atoms with Gasteiger partial charge < -0.3 is 20.9 Å². The van der Waals surface area contributed by atoms with E-state index in [0.717, 1.165) is 47.2 Å². The van der Waals surface area contributed by atoms with Crippen LogP contribution < -0.4 is 20.9 Å². The van der Waals surface area contributed by atoms with Crippen molar-refractivity contribution in [3.63, 3.8) is 0 Å². The van der Waals surface area contributed by atoms with Crippen LogP contribution in [0.2, 0.25) is 0 Å². The maximum absolute atomic E-state index is 6.00. The maximum atomic E-state index is 6.00. The van der Waals surface area contributed by atoms with Gasteiger partial charge >= 0.3 is 0 Å². The van der Waals surface area contributed by atoms with E-state index in [4.69, 9.17) is 20.9 Å². The van der Waals surface area contributed by atoms with Gasteiger partial charge in [0.2, 0.25) is 0 Å². The fourth-order valence-electron chi connectivity index (χ4n) is 4.16. The molecule has 35 heavy (non-hydrogen) atoms. The van der Waals surface area contributed by atoms with Gasteiger partial charge in [0, 0.05) is 16.8 Å². The highest BCUT2D eigenvalue weighted by atomic mass is 16.5. The number of anilines is 2. The van der Waals surface area contributed by atoms with Crippen molar-refractivity contribution in [3.05, 3.63) is 108 Å². The molecule has 4 aromatic rings. The van der Waals surface area contributed by atoms with Gasteiger partial charge in [-0.15, -0.1) is 0 Å². The fraction of sp³-hybridized carbons (Fsp3) is 0.226. The van der Waals surface area contributed by atoms with E-state index >= 15 is 0 Å². The lowest BCUT2D eigenvalue weighted by Crippen LogP contribution is -2.24. The lowest BCUT2D eigenvalue weighted by Gasteiger charge is -2.32. The zero-order chi connectivity index (χ0) is 24.8. The smallest absolute Gasteiger partial charge is 0.127 e. The Kier molecular flexibility index (Phi) is 7.31. The third-order valence-corrected chi connectivity index (χ3v) is 6.44. The first-order valence-corrected chi connectivity index (χ1v) is 12.1. The van der Waals surface area contributed by atoms with E-state index in [1.54, 1.807) is 0 Å². The van der Waals surface area contributed by atoms with Gasteiger partial charge in [0.1, 0.15) is 23.0 Å². The molecule has 180 valence electrons. The lowest BCUT2D eigenvalue weighted by molar-refractivity contribution is 0.437. The van der Waals surface area contributed by atoms with Crippen LogP contribution >= 0.6 is 0 Å². The average Bonchev–Trinajstić information content (AvgIpc) is 2.86. The van der Waals surface area contributed by atoms with Crippen LogP contribution in [0.5, 0.6) is 23.0 Å². The van der Waals surface area contributed by atoms with Crippen LogP contribution in [0, 0.1) is 5.92 Å². The molecule has 0 fully saturated rings. The van der Waals surface area contributed by atoms with E-state index in [1.807, 2.05) is 72.8 Å². The van der Waals surface area contributed by atoms with Crippen LogP contribution in [-0.4, -0.2) is 0 Å². The number of hydrogen-bond acceptors (Lipinski definition) is 4. The Morgan fingerprint density at radius 3 is 1.20 bits per heavy atom. The fourth-order valence-corrected chi connectivity index (χ4v) is 4.16. The van der Waals surface area contributed by atoms with Gasteiger partial charge in [-0.05, 0) is 103 Å². The zero-order valence-electron chi connectivity index (χ0n) is 20.7. The van der Waals surface area contributed by atoms with Crippen LogP contribution in [-0.2, 0) is 5.41 Å². The second-order valence-electron chi connectivity index (χ2n) is 9.66. The van der Waals surface area contributed by atoms with Gasteiger partial charge in [-0.2, -0.15) is 0 Å². The minimum absolute atomic E-state index is 0.135. The van der Waals surface area contributed by atoms with Crippen LogP contribution in [0.25, 0.3) is 0 Å². The number of hydrogen-bond donors (Lipinski definition) is 2. The first-order valence-electron chi connectivity index (χ1n) is 12.1. The molecule has 4 heteroatoms. The highest BCUT2D eigenvalue weighted by Gasteiger charge is 2.29. The number of benzene rings is 4. The summed E-state index contributed by atoms with van der Waals surface area (Å²) in [5.41, 5.74) is 15.4. The van der Waals surface area contributed by atoms with Crippen molar-refractivity contribution in [1.82, 2.24) is 0 Å². The molecule has 0 unspecified atom stereocenters. The second kappa shape index (κ2) is 10.6. The van der Waals surface area contributed by atoms with Crippen LogP contribution in [0.3, 0.4) is 0 Å². The summed E-state index contributed by atoms with van der Waals surface area (Å²) in [4.78, 5) is 0. The monoisotopic (exact) mass is 466 g/mol. The number of nitrogen functional groups attached to an aromatic ring is 2. The van der Waals surface area contributed by atoms with E-state index in [9.17, 15) is 0 Å². The Morgan fingerprint density at radius 2 is 0.886 bits per heavy atom. The summed E-state index contributed by atoms with van der Waals surface area (Å²) >= 11 is 0. The van der Waals surface area contributed by atoms with E-state index in [1.165, 1.54) is 11.1 Å². The third kappa shape index (κ3) is 6.15. The molecule has 4 rings (SSSR count). The van der Waals surface area contributed by atoms with Crippen molar-refractivity contribution >= 4 is 11.4 Å². The molecule has 0 heterocycles. The minimum Gasteiger partial charge on any atom is -0.457 e. The summed E-state index contributed by atoms with van der Waals surface area (Å²) in [6, 6.07) is 31.7. The second-order valence-corrected chi connectivity index (χ2v) is 9.66. The Morgan fingerprint density at radius 1 is 0.571 bits per heavy atom. The molecule has 0 bridgehead atoms. The number of rotatable bonds is 9. The first-order chi connectivity index (χ1) is 16.8. The maximum Gasteiger partial charge on any atom is 0.127 e. The molecule has 0 saturated heterocycles. The van der Waals surface area contributed by atoms with Crippen molar-refractivity contribution in [2.45, 2.75) is 39.0 Å². The van der Waals surface area contributed by atoms with Crippen molar-refractivity contribution < 1.29 is 9.47 Å². The Bertz CT molecular complexity index is 1120. The van der Waals surface area contributed by atoms with E-state index in [-0.39, 0.29) is 5.41 Å². The predicted molar refractivity (Wildman–Crippen MR) is 145 cm³/mol. The van der Waals surface area contributed by atoms with Crippen molar-refractivity contribution in [1.29, 1.82) is 0 Å². The standard InChI is InChI=1S/C31H34N2O2/c1-22(2)20-21-31(3,23-4-12-27(13-5-23)34-29-16-8-25(32)9-17-29)24-6-14-28(15-7-24)35-30-18-10-26(33)11-19-30/h4-19,22H,20-21,32-33H2,1-3H3. The molecule has 0 spiro atoms. The molecule has 0 aliphatic rings. The predicted octanol–water partition coefficient (Wildman–Crippen LogP) is 8.18. The summed E-state index contributed by atoms with van der Waals surface area (Å²) in [7, 11) is 0. The Hall–Kier alpha value is -3.92. The molecule has 0 amide bonds. The largest absolute Gasteiger partial charge is 0.457 e. The van der Waals surface area contributed by atoms with Gasteiger partial charge in [-0.25, -0.2) is 0 Å². The summed E-state index contributed by atoms with van der Waals surface area (Å²) in [5.74, 6) is 3.77. The molecule has 0 aromatic heterocycles. The highest BCUT2D eigenvalue weighted by Crippen LogP contribution is 2.39. The molecule has 0 atom stereocenters. The summed E-state index contributed by atoms with van der Waals surface area (Å²) in [6.07, 6.45) is 2.17. The third-order valence-electron chi connectivity index (χ3n) is 6.44. The molecule has 4 nitrogen and oxygen atoms in total. The summed E-state index contributed by atoms with van der Waals surface area (Å²) in [5, 5.41) is 0. The van der Waals surface area contributed by atoms with Crippen molar-refractivity contribution in [2.24, 2.45) is 5.92 Å². The first kappa shape index (κ1) is 24.2. The summed E-state index contributed by atoms with van der Waals surface area (Å²) in [6.45, 7) is 6.86. The Balaban J connectivity index is 1.56. The molecule has 4 N–H and O–H groups in total.